The molecule has 0 heterocycles. The Morgan fingerprint density at radius 2 is 2.12 bits per heavy atom. The van der Waals surface area contributed by atoms with E-state index < -0.39 is 10.0 Å². The van der Waals surface area contributed by atoms with E-state index in [0.29, 0.717) is 12.2 Å². The van der Waals surface area contributed by atoms with Gasteiger partial charge in [-0.2, -0.15) is 11.8 Å². The monoisotopic (exact) mass is 274 g/mol. The highest BCUT2D eigenvalue weighted by molar-refractivity contribution is 7.99. The topological polar surface area (TPSA) is 72.2 Å². The molecule has 0 aliphatic carbocycles. The molecule has 0 fully saturated rings. The van der Waals surface area contributed by atoms with E-state index in [4.69, 9.17) is 5.73 Å². The summed E-state index contributed by atoms with van der Waals surface area (Å²) >= 11 is 1.62. The molecule has 1 atom stereocenters. The van der Waals surface area contributed by atoms with Crippen molar-refractivity contribution in [2.75, 3.05) is 18.5 Å². The number of nitrogens with two attached hydrogens (primary N) is 1. The Bertz CT molecular complexity index is 486. The van der Waals surface area contributed by atoms with Crippen LogP contribution >= 0.6 is 11.8 Å². The molecule has 1 aromatic rings. The number of hydrogen-bond acceptors (Lipinski definition) is 4. The first kappa shape index (κ1) is 14.3. The number of benzene rings is 1. The second kappa shape index (κ2) is 5.75. The predicted molar refractivity (Wildman–Crippen MR) is 73.8 cm³/mol. The molecule has 0 amide bonds. The molecule has 0 aliphatic rings. The van der Waals surface area contributed by atoms with Crippen molar-refractivity contribution in [1.29, 1.82) is 0 Å². The van der Waals surface area contributed by atoms with Crippen molar-refractivity contribution >= 4 is 27.5 Å². The summed E-state index contributed by atoms with van der Waals surface area (Å²) in [6.45, 7) is 4.19. The van der Waals surface area contributed by atoms with Crippen LogP contribution in [0.25, 0.3) is 0 Å². The number of aryl methyl sites for hydroxylation is 1. The third kappa shape index (κ3) is 3.90. The molecule has 0 spiro atoms. The maximum absolute atomic E-state index is 12.0. The van der Waals surface area contributed by atoms with Gasteiger partial charge in [-0.3, -0.25) is 0 Å². The standard InChI is InChI=1S/C11H18N2O2S2/c1-8-6-10(4-5-11(8)12)17(14,15)13-7-9(2)16-3/h4-6,9,13H,7,12H2,1-3H3. The van der Waals surface area contributed by atoms with Crippen LogP contribution in [0.5, 0.6) is 0 Å². The zero-order valence-electron chi connectivity index (χ0n) is 10.2. The molecule has 96 valence electrons. The molecule has 1 unspecified atom stereocenters. The number of rotatable bonds is 5. The molecular formula is C11H18N2O2S2. The molecule has 0 aromatic heterocycles. The fraction of sp³-hybridized carbons (Fsp3) is 0.455. The minimum Gasteiger partial charge on any atom is -0.399 e. The fourth-order valence-corrected chi connectivity index (χ4v) is 2.78. The highest BCUT2D eigenvalue weighted by atomic mass is 32.2. The van der Waals surface area contributed by atoms with Gasteiger partial charge >= 0.3 is 0 Å². The average molecular weight is 274 g/mol. The molecule has 0 saturated carbocycles. The second-order valence-corrected chi connectivity index (χ2v) is 6.96. The summed E-state index contributed by atoms with van der Waals surface area (Å²) in [5.41, 5.74) is 7.02. The smallest absolute Gasteiger partial charge is 0.240 e. The number of sulfonamides is 1. The third-order valence-corrected chi connectivity index (χ3v) is 4.91. The number of thioether (sulfide) groups is 1. The number of nitrogens with one attached hydrogen (secondary N) is 1. The summed E-state index contributed by atoms with van der Waals surface area (Å²) in [6.07, 6.45) is 1.95. The molecule has 4 nitrogen and oxygen atoms in total. The Kier molecular flexibility index (Phi) is 4.85. The van der Waals surface area contributed by atoms with Gasteiger partial charge in [0.25, 0.3) is 0 Å². The van der Waals surface area contributed by atoms with Crippen molar-refractivity contribution in [2.45, 2.75) is 24.0 Å². The lowest BCUT2D eigenvalue weighted by Crippen LogP contribution is -2.29. The van der Waals surface area contributed by atoms with Crippen LogP contribution in [0.2, 0.25) is 0 Å². The number of anilines is 1. The van der Waals surface area contributed by atoms with Gasteiger partial charge in [-0.25, -0.2) is 13.1 Å². The van der Waals surface area contributed by atoms with Gasteiger partial charge in [0.2, 0.25) is 10.0 Å². The van der Waals surface area contributed by atoms with Crippen LogP contribution in [0.4, 0.5) is 5.69 Å². The zero-order chi connectivity index (χ0) is 13.1. The quantitative estimate of drug-likeness (QED) is 0.800. The van der Waals surface area contributed by atoms with Crippen molar-refractivity contribution in [3.63, 3.8) is 0 Å². The summed E-state index contributed by atoms with van der Waals surface area (Å²) in [4.78, 5) is 0.262. The lowest BCUT2D eigenvalue weighted by atomic mass is 10.2. The predicted octanol–water partition coefficient (Wildman–Crippen LogP) is 1.61. The Balaban J connectivity index is 2.86. The van der Waals surface area contributed by atoms with Gasteiger partial charge in [-0.15, -0.1) is 0 Å². The van der Waals surface area contributed by atoms with Crippen LogP contribution in [0.15, 0.2) is 23.1 Å². The summed E-state index contributed by atoms with van der Waals surface area (Å²) in [5, 5.41) is 0.250. The van der Waals surface area contributed by atoms with E-state index in [1.54, 1.807) is 30.8 Å². The maximum atomic E-state index is 12.0. The van der Waals surface area contributed by atoms with E-state index in [9.17, 15) is 8.42 Å². The van der Waals surface area contributed by atoms with Crippen molar-refractivity contribution in [3.05, 3.63) is 23.8 Å². The first-order chi connectivity index (χ1) is 7.86. The van der Waals surface area contributed by atoms with Crippen molar-refractivity contribution in [3.8, 4) is 0 Å². The molecule has 17 heavy (non-hydrogen) atoms. The Morgan fingerprint density at radius 3 is 2.65 bits per heavy atom. The van der Waals surface area contributed by atoms with E-state index in [2.05, 4.69) is 4.72 Å². The Morgan fingerprint density at radius 1 is 1.47 bits per heavy atom. The van der Waals surface area contributed by atoms with E-state index in [0.717, 1.165) is 5.56 Å². The highest BCUT2D eigenvalue weighted by Crippen LogP contribution is 2.17. The summed E-state index contributed by atoms with van der Waals surface area (Å²) < 4.78 is 26.5. The molecule has 6 heteroatoms. The third-order valence-electron chi connectivity index (χ3n) is 2.51. The molecule has 1 aromatic carbocycles. The molecule has 0 saturated heterocycles. The maximum Gasteiger partial charge on any atom is 0.240 e. The van der Waals surface area contributed by atoms with Gasteiger partial charge in [-0.05, 0) is 36.9 Å². The zero-order valence-corrected chi connectivity index (χ0v) is 11.9. The fourth-order valence-electron chi connectivity index (χ4n) is 1.21. The van der Waals surface area contributed by atoms with Crippen LogP contribution in [-0.4, -0.2) is 26.5 Å². The van der Waals surface area contributed by atoms with Gasteiger partial charge in [-0.1, -0.05) is 6.92 Å². The Labute approximate surface area is 107 Å². The van der Waals surface area contributed by atoms with E-state index >= 15 is 0 Å². The SMILES string of the molecule is CSC(C)CNS(=O)(=O)c1ccc(N)c(C)c1. The van der Waals surface area contributed by atoms with Crippen LogP contribution < -0.4 is 10.5 Å². The van der Waals surface area contributed by atoms with E-state index in [1.807, 2.05) is 13.2 Å². The van der Waals surface area contributed by atoms with Crippen molar-refractivity contribution in [1.82, 2.24) is 4.72 Å². The van der Waals surface area contributed by atoms with Crippen LogP contribution in [0, 0.1) is 6.92 Å². The summed E-state index contributed by atoms with van der Waals surface area (Å²) in [5.74, 6) is 0. The molecular weight excluding hydrogens is 256 g/mol. The molecule has 0 radical (unpaired) electrons. The molecule has 0 aliphatic heterocycles. The lowest BCUT2D eigenvalue weighted by molar-refractivity contribution is 0.581. The largest absolute Gasteiger partial charge is 0.399 e. The summed E-state index contributed by atoms with van der Waals surface area (Å²) in [7, 11) is -3.42. The van der Waals surface area contributed by atoms with Gasteiger partial charge in [0.05, 0.1) is 4.90 Å². The van der Waals surface area contributed by atoms with Crippen molar-refractivity contribution in [2.24, 2.45) is 0 Å². The second-order valence-electron chi connectivity index (χ2n) is 3.92. The van der Waals surface area contributed by atoms with Gasteiger partial charge in [0.15, 0.2) is 0 Å². The summed E-state index contributed by atoms with van der Waals surface area (Å²) in [6, 6.07) is 4.72. The first-order valence-electron chi connectivity index (χ1n) is 5.25. The van der Waals surface area contributed by atoms with Gasteiger partial charge < -0.3 is 5.73 Å². The minimum atomic E-state index is -3.42. The molecule has 0 bridgehead atoms. The van der Waals surface area contributed by atoms with E-state index in [-0.39, 0.29) is 10.1 Å². The van der Waals surface area contributed by atoms with Gasteiger partial charge in [0.1, 0.15) is 0 Å². The van der Waals surface area contributed by atoms with Crippen LogP contribution in [0.3, 0.4) is 0 Å². The van der Waals surface area contributed by atoms with Crippen LogP contribution in [0.1, 0.15) is 12.5 Å². The Hall–Kier alpha value is -0.720. The van der Waals surface area contributed by atoms with E-state index in [1.165, 1.54) is 6.07 Å². The highest BCUT2D eigenvalue weighted by Gasteiger charge is 2.15. The first-order valence-corrected chi connectivity index (χ1v) is 8.02. The van der Waals surface area contributed by atoms with Crippen LogP contribution in [-0.2, 0) is 10.0 Å². The van der Waals surface area contributed by atoms with Gasteiger partial charge in [0, 0.05) is 17.5 Å². The molecule has 1 rings (SSSR count). The molecule has 3 N–H and O–H groups in total. The number of nitrogen functional groups attached to an aromatic ring is 1. The van der Waals surface area contributed by atoms with Crippen molar-refractivity contribution < 1.29 is 8.42 Å². The number of hydrogen-bond donors (Lipinski definition) is 2. The normalized spacial score (nSPS) is 13.6. The lowest BCUT2D eigenvalue weighted by Gasteiger charge is -2.11. The average Bonchev–Trinajstić information content (AvgIpc) is 2.29. The minimum absolute atomic E-state index is 0.250.